The van der Waals surface area contributed by atoms with Crippen molar-refractivity contribution in [2.24, 2.45) is 0 Å². The minimum Gasteiger partial charge on any atom is -0.395 e. The summed E-state index contributed by atoms with van der Waals surface area (Å²) >= 11 is 7.49. The van der Waals surface area contributed by atoms with Crippen molar-refractivity contribution in [2.45, 2.75) is 61.5 Å². The zero-order valence-corrected chi connectivity index (χ0v) is 19.3. The molecule has 11 heteroatoms. The molecule has 0 amide bonds. The maximum Gasteiger partial charge on any atom is 0.266 e. The van der Waals surface area contributed by atoms with E-state index in [4.69, 9.17) is 11.6 Å². The van der Waals surface area contributed by atoms with Gasteiger partial charge in [0.15, 0.2) is 5.13 Å². The van der Waals surface area contributed by atoms with Gasteiger partial charge in [-0.2, -0.15) is 0 Å². The summed E-state index contributed by atoms with van der Waals surface area (Å²) in [4.78, 5) is 5.71. The molecule has 1 aromatic heterocycles. The molecule has 0 bridgehead atoms. The third-order valence-electron chi connectivity index (χ3n) is 6.09. The maximum absolute atomic E-state index is 14.8. The van der Waals surface area contributed by atoms with Gasteiger partial charge in [0, 0.05) is 29.7 Å². The Morgan fingerprint density at radius 3 is 2.81 bits per heavy atom. The van der Waals surface area contributed by atoms with Crippen molar-refractivity contribution < 1.29 is 17.9 Å². The number of rotatable bonds is 7. The van der Waals surface area contributed by atoms with Gasteiger partial charge in [-0.05, 0) is 44.4 Å². The number of halogens is 2. The smallest absolute Gasteiger partial charge is 0.266 e. The Labute approximate surface area is 190 Å². The number of hydrogen-bond acceptors (Lipinski definition) is 7. The SMILES string of the molecule is O=S(=O)(Nc1nccs1)c1cc(Cl)c(N[C@H]2CCCC[C@@H]2N2CCC[C@H]2CO)cc1F. The monoisotopic (exact) mass is 488 g/mol. The number of aliphatic hydroxyl groups is 1. The van der Waals surface area contributed by atoms with Crippen LogP contribution in [0.15, 0.2) is 28.6 Å². The highest BCUT2D eigenvalue weighted by Gasteiger charge is 2.36. The van der Waals surface area contributed by atoms with E-state index in [0.717, 1.165) is 68.5 Å². The second kappa shape index (κ2) is 9.58. The van der Waals surface area contributed by atoms with E-state index < -0.39 is 20.7 Å². The van der Waals surface area contributed by atoms with Gasteiger partial charge in [0.25, 0.3) is 10.0 Å². The Hall–Kier alpha value is -1.46. The number of hydrogen-bond donors (Lipinski definition) is 3. The Morgan fingerprint density at radius 1 is 1.26 bits per heavy atom. The number of anilines is 2. The van der Waals surface area contributed by atoms with Gasteiger partial charge in [-0.3, -0.25) is 9.62 Å². The van der Waals surface area contributed by atoms with E-state index in [1.54, 1.807) is 5.38 Å². The van der Waals surface area contributed by atoms with Crippen molar-refractivity contribution in [3.63, 3.8) is 0 Å². The predicted octanol–water partition coefficient (Wildman–Crippen LogP) is 3.92. The van der Waals surface area contributed by atoms with Gasteiger partial charge in [-0.1, -0.05) is 24.4 Å². The first-order valence-electron chi connectivity index (χ1n) is 10.4. The fourth-order valence-corrected chi connectivity index (χ4v) is 6.81. The first kappa shape index (κ1) is 22.7. The number of nitrogens with zero attached hydrogens (tertiary/aromatic N) is 2. The standard InChI is InChI=1S/C20H26ClFN4O3S2/c21-14-10-19(31(28,29)25-20-23-7-9-30-20)15(22)11-17(14)24-16-5-1-2-6-18(16)26-8-3-4-13(26)12-27/h7,9-11,13,16,18,24,27H,1-6,8,12H2,(H,23,25)/t13-,16-,18-/m0/s1. The molecule has 1 saturated heterocycles. The van der Waals surface area contributed by atoms with Crippen molar-refractivity contribution in [2.75, 3.05) is 23.2 Å². The van der Waals surface area contributed by atoms with Gasteiger partial charge in [0.2, 0.25) is 0 Å². The van der Waals surface area contributed by atoms with Crippen LogP contribution in [0, 0.1) is 5.82 Å². The Kier molecular flexibility index (Phi) is 7.02. The fourth-order valence-electron chi connectivity index (χ4n) is 4.66. The van der Waals surface area contributed by atoms with Crippen LogP contribution in [0.25, 0.3) is 0 Å². The molecule has 3 atom stereocenters. The van der Waals surface area contributed by atoms with Crippen molar-refractivity contribution in [3.05, 3.63) is 34.5 Å². The van der Waals surface area contributed by atoms with E-state index in [0.29, 0.717) is 5.69 Å². The molecule has 1 saturated carbocycles. The molecule has 31 heavy (non-hydrogen) atoms. The minimum atomic E-state index is -4.15. The highest BCUT2D eigenvalue weighted by molar-refractivity contribution is 7.93. The first-order chi connectivity index (χ1) is 14.9. The zero-order chi connectivity index (χ0) is 22.0. The van der Waals surface area contributed by atoms with Gasteiger partial charge in [0.1, 0.15) is 10.7 Å². The van der Waals surface area contributed by atoms with E-state index in [9.17, 15) is 17.9 Å². The average molecular weight is 489 g/mol. The fraction of sp³-hybridized carbons (Fsp3) is 0.550. The molecular formula is C20H26ClFN4O3S2. The molecule has 0 unspecified atom stereocenters. The molecule has 7 nitrogen and oxygen atoms in total. The number of sulfonamides is 1. The predicted molar refractivity (Wildman–Crippen MR) is 121 cm³/mol. The largest absolute Gasteiger partial charge is 0.395 e. The maximum atomic E-state index is 14.8. The molecule has 1 aromatic carbocycles. The zero-order valence-electron chi connectivity index (χ0n) is 16.9. The van der Waals surface area contributed by atoms with Crippen LogP contribution in [-0.2, 0) is 10.0 Å². The van der Waals surface area contributed by atoms with Crippen LogP contribution in [-0.4, -0.2) is 54.7 Å². The molecule has 1 aliphatic heterocycles. The normalized spacial score (nSPS) is 24.9. The lowest BCUT2D eigenvalue weighted by Gasteiger charge is -2.41. The summed E-state index contributed by atoms with van der Waals surface area (Å²) in [7, 11) is -4.15. The quantitative estimate of drug-likeness (QED) is 0.547. The third kappa shape index (κ3) is 4.98. The van der Waals surface area contributed by atoms with Gasteiger partial charge in [-0.15, -0.1) is 11.3 Å². The van der Waals surface area contributed by atoms with E-state index in [2.05, 4.69) is 19.9 Å². The lowest BCUT2D eigenvalue weighted by Crippen LogP contribution is -2.51. The molecule has 4 rings (SSSR count). The van der Waals surface area contributed by atoms with Crippen molar-refractivity contribution in [1.82, 2.24) is 9.88 Å². The molecular weight excluding hydrogens is 463 g/mol. The number of nitrogens with one attached hydrogen (secondary N) is 2. The minimum absolute atomic E-state index is 0.0497. The van der Waals surface area contributed by atoms with E-state index in [-0.39, 0.29) is 34.9 Å². The lowest BCUT2D eigenvalue weighted by molar-refractivity contribution is 0.0910. The van der Waals surface area contributed by atoms with Crippen molar-refractivity contribution in [3.8, 4) is 0 Å². The summed E-state index contributed by atoms with van der Waals surface area (Å²) in [6.07, 6.45) is 7.56. The van der Waals surface area contributed by atoms with E-state index in [1.165, 1.54) is 6.20 Å². The van der Waals surface area contributed by atoms with Crippen LogP contribution in [0.2, 0.25) is 5.02 Å². The topological polar surface area (TPSA) is 94.6 Å². The van der Waals surface area contributed by atoms with Gasteiger partial charge in [0.05, 0.1) is 17.3 Å². The van der Waals surface area contributed by atoms with Gasteiger partial charge >= 0.3 is 0 Å². The summed E-state index contributed by atoms with van der Waals surface area (Å²) in [5, 5.41) is 15.0. The number of benzene rings is 1. The molecule has 0 spiro atoms. The Bertz CT molecular complexity index is 1010. The van der Waals surface area contributed by atoms with Crippen LogP contribution in [0.3, 0.4) is 0 Å². The summed E-state index contributed by atoms with van der Waals surface area (Å²) in [6.45, 7) is 1.08. The second-order valence-electron chi connectivity index (χ2n) is 8.02. The molecule has 2 aromatic rings. The molecule has 1 aliphatic carbocycles. The molecule has 2 heterocycles. The number of aromatic nitrogens is 1. The molecule has 2 fully saturated rings. The van der Waals surface area contributed by atoms with E-state index in [1.807, 2.05) is 0 Å². The second-order valence-corrected chi connectivity index (χ2v) is 11.0. The van der Waals surface area contributed by atoms with Crippen molar-refractivity contribution >= 4 is 43.8 Å². The molecule has 3 N–H and O–H groups in total. The summed E-state index contributed by atoms with van der Waals surface area (Å²) in [6, 6.07) is 2.72. The summed E-state index contributed by atoms with van der Waals surface area (Å²) in [5.41, 5.74) is 0.379. The van der Waals surface area contributed by atoms with Crippen LogP contribution < -0.4 is 10.0 Å². The van der Waals surface area contributed by atoms with Gasteiger partial charge < -0.3 is 10.4 Å². The molecule has 0 radical (unpaired) electrons. The number of thiazole rings is 1. The Morgan fingerprint density at radius 2 is 2.06 bits per heavy atom. The average Bonchev–Trinajstić information content (AvgIpc) is 3.42. The summed E-state index contributed by atoms with van der Waals surface area (Å²) < 4.78 is 42.3. The van der Waals surface area contributed by atoms with E-state index >= 15 is 0 Å². The first-order valence-corrected chi connectivity index (χ1v) is 13.2. The molecule has 170 valence electrons. The number of aliphatic hydroxyl groups excluding tert-OH is 1. The summed E-state index contributed by atoms with van der Waals surface area (Å²) in [5.74, 6) is -0.877. The lowest BCUT2D eigenvalue weighted by atomic mass is 9.88. The van der Waals surface area contributed by atoms with Crippen LogP contribution in [0.1, 0.15) is 38.5 Å². The third-order valence-corrected chi connectivity index (χ3v) is 8.58. The van der Waals surface area contributed by atoms with Crippen LogP contribution in [0.5, 0.6) is 0 Å². The van der Waals surface area contributed by atoms with Crippen LogP contribution >= 0.6 is 22.9 Å². The highest BCUT2D eigenvalue weighted by atomic mass is 35.5. The van der Waals surface area contributed by atoms with Crippen molar-refractivity contribution in [1.29, 1.82) is 0 Å². The van der Waals surface area contributed by atoms with Gasteiger partial charge in [-0.25, -0.2) is 17.8 Å². The highest BCUT2D eigenvalue weighted by Crippen LogP contribution is 2.34. The number of likely N-dealkylation sites (tertiary alicyclic amines) is 1. The molecule has 2 aliphatic rings. The Balaban J connectivity index is 1.55. The van der Waals surface area contributed by atoms with Crippen LogP contribution in [0.4, 0.5) is 15.2 Å².